The van der Waals surface area contributed by atoms with E-state index in [4.69, 9.17) is 16.7 Å². The van der Waals surface area contributed by atoms with Crippen LogP contribution in [0.1, 0.15) is 5.69 Å². The van der Waals surface area contributed by atoms with E-state index in [1.54, 1.807) is 31.2 Å². The Morgan fingerprint density at radius 3 is 2.83 bits per heavy atom. The Labute approximate surface area is 108 Å². The molecule has 0 bridgehead atoms. The molecule has 1 heterocycles. The molecular weight excluding hydrogens is 256 g/mol. The monoisotopic (exact) mass is 266 g/mol. The highest BCUT2D eigenvalue weighted by molar-refractivity contribution is 6.29. The zero-order valence-electron chi connectivity index (χ0n) is 9.63. The van der Waals surface area contributed by atoms with Crippen molar-refractivity contribution in [2.45, 2.75) is 18.8 Å². The Kier molecular flexibility index (Phi) is 3.34. The van der Waals surface area contributed by atoms with Crippen molar-refractivity contribution in [3.8, 4) is 0 Å². The number of para-hydroxylation sites is 2. The minimum atomic E-state index is -1.15. The van der Waals surface area contributed by atoms with Crippen LogP contribution < -0.4 is 5.56 Å². The summed E-state index contributed by atoms with van der Waals surface area (Å²) in [5.74, 6) is -1.15. The Morgan fingerprint density at radius 2 is 2.17 bits per heavy atom. The predicted molar refractivity (Wildman–Crippen MR) is 68.0 cm³/mol. The first-order valence-corrected chi connectivity index (χ1v) is 5.77. The number of rotatable bonds is 3. The number of carbonyl (C=O) groups is 1. The van der Waals surface area contributed by atoms with Crippen LogP contribution in [0.4, 0.5) is 0 Å². The van der Waals surface area contributed by atoms with Crippen LogP contribution in [0.2, 0.25) is 0 Å². The molecule has 0 aliphatic carbocycles. The van der Waals surface area contributed by atoms with E-state index >= 15 is 0 Å². The zero-order valence-corrected chi connectivity index (χ0v) is 10.4. The number of alkyl halides is 1. The number of benzene rings is 1. The van der Waals surface area contributed by atoms with Crippen molar-refractivity contribution in [3.05, 3.63) is 40.3 Å². The lowest BCUT2D eigenvalue weighted by atomic mass is 10.2. The van der Waals surface area contributed by atoms with Crippen molar-refractivity contribution in [1.82, 2.24) is 9.55 Å². The maximum absolute atomic E-state index is 12.0. The van der Waals surface area contributed by atoms with Crippen LogP contribution in [0.5, 0.6) is 0 Å². The maximum Gasteiger partial charge on any atom is 0.323 e. The quantitative estimate of drug-likeness (QED) is 0.853. The number of halogens is 1. The van der Waals surface area contributed by atoms with Crippen molar-refractivity contribution >= 4 is 28.6 Å². The highest BCUT2D eigenvalue weighted by atomic mass is 35.5. The maximum atomic E-state index is 12.0. The Balaban J connectivity index is 2.64. The molecule has 0 saturated heterocycles. The third-order valence-corrected chi connectivity index (χ3v) is 2.95. The van der Waals surface area contributed by atoms with Crippen LogP contribution in [0.25, 0.3) is 11.0 Å². The predicted octanol–water partition coefficient (Wildman–Crippen LogP) is 1.40. The smallest absolute Gasteiger partial charge is 0.323 e. The number of aryl methyl sites for hydroxylation is 1. The summed E-state index contributed by atoms with van der Waals surface area (Å²) in [6.45, 7) is 1.51. The number of hydrogen-bond acceptors (Lipinski definition) is 3. The van der Waals surface area contributed by atoms with Crippen LogP contribution in [0.3, 0.4) is 0 Å². The van der Waals surface area contributed by atoms with Gasteiger partial charge in [-0.25, -0.2) is 4.98 Å². The van der Waals surface area contributed by atoms with E-state index in [0.717, 1.165) is 0 Å². The van der Waals surface area contributed by atoms with Gasteiger partial charge in [-0.1, -0.05) is 12.1 Å². The van der Waals surface area contributed by atoms with Crippen LogP contribution in [-0.4, -0.2) is 26.0 Å². The summed E-state index contributed by atoms with van der Waals surface area (Å²) < 4.78 is 1.35. The van der Waals surface area contributed by atoms with Crippen molar-refractivity contribution < 1.29 is 9.90 Å². The van der Waals surface area contributed by atoms with Gasteiger partial charge in [-0.05, 0) is 19.1 Å². The number of carboxylic acid groups (broad SMARTS) is 1. The fourth-order valence-corrected chi connectivity index (χ4v) is 1.88. The molecule has 0 radical (unpaired) electrons. The first kappa shape index (κ1) is 12.6. The van der Waals surface area contributed by atoms with Gasteiger partial charge in [0.15, 0.2) is 0 Å². The molecule has 1 N–H and O–H groups in total. The van der Waals surface area contributed by atoms with Crippen LogP contribution in [0, 0.1) is 6.92 Å². The third-order valence-electron chi connectivity index (χ3n) is 2.63. The minimum absolute atomic E-state index is 0.0837. The van der Waals surface area contributed by atoms with E-state index in [0.29, 0.717) is 16.7 Å². The fraction of sp³-hybridized carbons (Fsp3) is 0.250. The van der Waals surface area contributed by atoms with Gasteiger partial charge in [-0.2, -0.15) is 0 Å². The third kappa shape index (κ3) is 2.22. The average Bonchev–Trinajstić information content (AvgIpc) is 2.34. The van der Waals surface area contributed by atoms with Crippen LogP contribution >= 0.6 is 11.6 Å². The van der Waals surface area contributed by atoms with Gasteiger partial charge in [-0.3, -0.25) is 9.59 Å². The normalized spacial score (nSPS) is 12.6. The van der Waals surface area contributed by atoms with Gasteiger partial charge in [0.1, 0.15) is 11.1 Å². The van der Waals surface area contributed by atoms with Gasteiger partial charge in [0, 0.05) is 0 Å². The van der Waals surface area contributed by atoms with Crippen molar-refractivity contribution in [2.75, 3.05) is 0 Å². The van der Waals surface area contributed by atoms with Gasteiger partial charge >= 0.3 is 5.97 Å². The molecular formula is C12H11ClN2O3. The zero-order chi connectivity index (χ0) is 13.3. The van der Waals surface area contributed by atoms with Crippen LogP contribution in [0.15, 0.2) is 29.1 Å². The molecule has 0 amide bonds. The first-order valence-electron chi connectivity index (χ1n) is 5.34. The number of hydrogen-bond donors (Lipinski definition) is 1. The molecule has 0 fully saturated rings. The summed E-state index contributed by atoms with van der Waals surface area (Å²) in [7, 11) is 0. The second kappa shape index (κ2) is 4.78. The molecule has 1 unspecified atom stereocenters. The molecule has 0 aliphatic heterocycles. The van der Waals surface area contributed by atoms with E-state index in [1.807, 2.05) is 0 Å². The van der Waals surface area contributed by atoms with Crippen molar-refractivity contribution in [1.29, 1.82) is 0 Å². The number of fused-ring (bicyclic) bond motifs is 1. The molecule has 94 valence electrons. The second-order valence-corrected chi connectivity index (χ2v) is 4.43. The molecule has 1 atom stereocenters. The molecule has 2 rings (SSSR count). The van der Waals surface area contributed by atoms with Gasteiger partial charge in [0.25, 0.3) is 5.56 Å². The van der Waals surface area contributed by atoms with Gasteiger partial charge in [-0.15, -0.1) is 11.6 Å². The largest absolute Gasteiger partial charge is 0.480 e. The first-order chi connectivity index (χ1) is 8.50. The summed E-state index contributed by atoms with van der Waals surface area (Å²) in [6, 6.07) is 7.05. The van der Waals surface area contributed by atoms with E-state index in [-0.39, 0.29) is 12.1 Å². The minimum Gasteiger partial charge on any atom is -0.480 e. The Bertz CT molecular complexity index is 666. The lowest BCUT2D eigenvalue weighted by Crippen LogP contribution is -2.30. The van der Waals surface area contributed by atoms with Crippen molar-refractivity contribution in [3.63, 3.8) is 0 Å². The second-order valence-electron chi connectivity index (χ2n) is 3.91. The highest BCUT2D eigenvalue weighted by Crippen LogP contribution is 2.11. The topological polar surface area (TPSA) is 72.2 Å². The molecule has 0 aliphatic rings. The van der Waals surface area contributed by atoms with Gasteiger partial charge in [0.2, 0.25) is 0 Å². The summed E-state index contributed by atoms with van der Waals surface area (Å²) in [5.41, 5.74) is 1.23. The van der Waals surface area contributed by atoms with E-state index in [1.165, 1.54) is 4.57 Å². The number of nitrogens with zero attached hydrogens (tertiary/aromatic N) is 2. The molecule has 2 aromatic rings. The van der Waals surface area contributed by atoms with Crippen molar-refractivity contribution in [2.24, 2.45) is 0 Å². The lowest BCUT2D eigenvalue weighted by molar-refractivity contribution is -0.136. The summed E-state index contributed by atoms with van der Waals surface area (Å²) in [6.07, 6.45) is 0. The lowest BCUT2D eigenvalue weighted by Gasteiger charge is -2.12. The molecule has 18 heavy (non-hydrogen) atoms. The van der Waals surface area contributed by atoms with Crippen LogP contribution in [-0.2, 0) is 11.3 Å². The molecule has 1 aromatic carbocycles. The SMILES string of the molecule is Cc1nc2ccccc2n(CC(Cl)C(=O)O)c1=O. The molecule has 5 nitrogen and oxygen atoms in total. The average molecular weight is 267 g/mol. The number of carboxylic acids is 1. The van der Waals surface area contributed by atoms with E-state index in [9.17, 15) is 9.59 Å². The van der Waals surface area contributed by atoms with E-state index in [2.05, 4.69) is 4.98 Å². The van der Waals surface area contributed by atoms with Gasteiger partial charge in [0.05, 0.1) is 17.6 Å². The Morgan fingerprint density at radius 1 is 1.50 bits per heavy atom. The summed E-state index contributed by atoms with van der Waals surface area (Å²) in [5, 5.41) is 7.67. The summed E-state index contributed by atoms with van der Waals surface area (Å²) in [4.78, 5) is 26.9. The number of aromatic nitrogens is 2. The highest BCUT2D eigenvalue weighted by Gasteiger charge is 2.17. The fourth-order valence-electron chi connectivity index (χ4n) is 1.74. The molecule has 0 spiro atoms. The standard InChI is InChI=1S/C12H11ClN2O3/c1-7-11(16)15(6-8(13)12(17)18)10-5-3-2-4-9(10)14-7/h2-5,8H,6H2,1H3,(H,17,18). The summed E-state index contributed by atoms with van der Waals surface area (Å²) >= 11 is 5.70. The molecule has 6 heteroatoms. The molecule has 0 saturated carbocycles. The van der Waals surface area contributed by atoms with Gasteiger partial charge < -0.3 is 9.67 Å². The van der Waals surface area contributed by atoms with E-state index < -0.39 is 11.3 Å². The molecule has 1 aromatic heterocycles. The number of aliphatic carboxylic acids is 1. The Hall–Kier alpha value is -1.88.